The van der Waals surface area contributed by atoms with E-state index >= 15 is 0 Å². The van der Waals surface area contributed by atoms with E-state index in [4.69, 9.17) is 0 Å². The van der Waals surface area contributed by atoms with Crippen LogP contribution in [0.25, 0.3) is 0 Å². The van der Waals surface area contributed by atoms with E-state index in [1.54, 1.807) is 0 Å². The quantitative estimate of drug-likeness (QED) is 0.722. The molecule has 1 N–H and O–H groups in total. The maximum atomic E-state index is 3.30. The molecule has 1 unspecified atom stereocenters. The molecule has 1 atom stereocenters. The van der Waals surface area contributed by atoms with Crippen LogP contribution in [0.3, 0.4) is 0 Å². The summed E-state index contributed by atoms with van der Waals surface area (Å²) in [6.07, 6.45) is 1.14. The molecule has 0 saturated heterocycles. The first-order valence-corrected chi connectivity index (χ1v) is 4.51. The fraction of sp³-hybridized carbons (Fsp3) is 0.455. The van der Waals surface area contributed by atoms with Gasteiger partial charge in [0.25, 0.3) is 0 Å². The van der Waals surface area contributed by atoms with Crippen molar-refractivity contribution in [1.82, 2.24) is 5.32 Å². The topological polar surface area (TPSA) is 12.0 Å². The number of nitrogens with one attached hydrogen (secondary N) is 1. The van der Waals surface area contributed by atoms with Crippen LogP contribution in [0.5, 0.6) is 0 Å². The van der Waals surface area contributed by atoms with Gasteiger partial charge in [0.1, 0.15) is 0 Å². The number of aryl methyl sites for hydroxylation is 1. The number of rotatable bonds is 3. The third-order valence-electron chi connectivity index (χ3n) is 2.20. The Labute approximate surface area is 74.8 Å². The highest BCUT2D eigenvalue weighted by Gasteiger charge is 2.04. The Morgan fingerprint density at radius 1 is 1.42 bits per heavy atom. The van der Waals surface area contributed by atoms with Crippen molar-refractivity contribution in [2.24, 2.45) is 0 Å². The Bertz CT molecular complexity index is 239. The molecule has 0 aliphatic carbocycles. The lowest BCUT2D eigenvalue weighted by Gasteiger charge is -2.14. The van der Waals surface area contributed by atoms with Gasteiger partial charge in [-0.2, -0.15) is 0 Å². The van der Waals surface area contributed by atoms with Gasteiger partial charge in [0.2, 0.25) is 0 Å². The van der Waals surface area contributed by atoms with Gasteiger partial charge in [0.15, 0.2) is 0 Å². The standard InChI is InChI=1S/C11H17N/c1-4-11(12-3)10-7-5-6-9(2)8-10/h5-8,11-12H,4H2,1-3H3. The largest absolute Gasteiger partial charge is 0.313 e. The lowest BCUT2D eigenvalue weighted by molar-refractivity contribution is 0.576. The summed E-state index contributed by atoms with van der Waals surface area (Å²) >= 11 is 0. The zero-order valence-corrected chi connectivity index (χ0v) is 8.09. The minimum atomic E-state index is 0.505. The van der Waals surface area contributed by atoms with Gasteiger partial charge in [-0.05, 0) is 26.0 Å². The average molecular weight is 163 g/mol. The van der Waals surface area contributed by atoms with Crippen LogP contribution >= 0.6 is 0 Å². The Morgan fingerprint density at radius 2 is 2.17 bits per heavy atom. The molecule has 0 aliphatic rings. The van der Waals surface area contributed by atoms with Gasteiger partial charge in [-0.25, -0.2) is 0 Å². The normalized spacial score (nSPS) is 12.9. The highest BCUT2D eigenvalue weighted by molar-refractivity contribution is 5.24. The summed E-state index contributed by atoms with van der Waals surface area (Å²) in [5, 5.41) is 3.30. The maximum Gasteiger partial charge on any atom is 0.0314 e. The first-order valence-electron chi connectivity index (χ1n) is 4.51. The molecule has 12 heavy (non-hydrogen) atoms. The van der Waals surface area contributed by atoms with Crippen LogP contribution in [0, 0.1) is 6.92 Å². The summed E-state index contributed by atoms with van der Waals surface area (Å²) < 4.78 is 0. The molecule has 1 aromatic carbocycles. The van der Waals surface area contributed by atoms with Crippen molar-refractivity contribution >= 4 is 0 Å². The van der Waals surface area contributed by atoms with Crippen LogP contribution in [0.15, 0.2) is 24.3 Å². The van der Waals surface area contributed by atoms with Crippen molar-refractivity contribution < 1.29 is 0 Å². The minimum absolute atomic E-state index is 0.505. The molecule has 0 radical (unpaired) electrons. The first kappa shape index (κ1) is 9.27. The number of benzene rings is 1. The third-order valence-corrected chi connectivity index (χ3v) is 2.20. The SMILES string of the molecule is CCC(NC)c1cccc(C)c1. The Balaban J connectivity index is 2.85. The van der Waals surface area contributed by atoms with E-state index in [9.17, 15) is 0 Å². The molecule has 0 aromatic heterocycles. The summed E-state index contributed by atoms with van der Waals surface area (Å²) in [5.41, 5.74) is 2.72. The van der Waals surface area contributed by atoms with Crippen molar-refractivity contribution in [1.29, 1.82) is 0 Å². The molecular formula is C11H17N. The second-order valence-electron chi connectivity index (χ2n) is 3.16. The van der Waals surface area contributed by atoms with Gasteiger partial charge in [-0.1, -0.05) is 36.8 Å². The smallest absolute Gasteiger partial charge is 0.0314 e. The third kappa shape index (κ3) is 2.08. The van der Waals surface area contributed by atoms with E-state index in [0.29, 0.717) is 6.04 Å². The fourth-order valence-corrected chi connectivity index (χ4v) is 1.49. The van der Waals surface area contributed by atoms with Gasteiger partial charge in [0.05, 0.1) is 0 Å². The molecule has 0 fully saturated rings. The molecule has 1 rings (SSSR count). The van der Waals surface area contributed by atoms with Crippen LogP contribution in [-0.4, -0.2) is 7.05 Å². The summed E-state index contributed by atoms with van der Waals surface area (Å²) in [4.78, 5) is 0. The predicted octanol–water partition coefficient (Wildman–Crippen LogP) is 2.67. The second kappa shape index (κ2) is 4.27. The molecule has 0 amide bonds. The molecule has 0 bridgehead atoms. The second-order valence-corrected chi connectivity index (χ2v) is 3.16. The monoisotopic (exact) mass is 163 g/mol. The highest BCUT2D eigenvalue weighted by Crippen LogP contribution is 2.16. The summed E-state index contributed by atoms with van der Waals surface area (Å²) in [7, 11) is 2.01. The van der Waals surface area contributed by atoms with Crippen molar-refractivity contribution in [2.45, 2.75) is 26.3 Å². The lowest BCUT2D eigenvalue weighted by atomic mass is 10.0. The van der Waals surface area contributed by atoms with Crippen molar-refractivity contribution in [3.63, 3.8) is 0 Å². The van der Waals surface area contributed by atoms with E-state index < -0.39 is 0 Å². The van der Waals surface area contributed by atoms with Gasteiger partial charge in [-0.3, -0.25) is 0 Å². The molecule has 0 heterocycles. The highest BCUT2D eigenvalue weighted by atomic mass is 14.9. The molecule has 0 saturated carbocycles. The minimum Gasteiger partial charge on any atom is -0.313 e. The van der Waals surface area contributed by atoms with Crippen LogP contribution in [0.4, 0.5) is 0 Å². The molecule has 0 aliphatic heterocycles. The van der Waals surface area contributed by atoms with Crippen LogP contribution in [-0.2, 0) is 0 Å². The average Bonchev–Trinajstić information content (AvgIpc) is 2.07. The number of hydrogen-bond donors (Lipinski definition) is 1. The fourth-order valence-electron chi connectivity index (χ4n) is 1.49. The summed E-state index contributed by atoms with van der Waals surface area (Å²) in [6, 6.07) is 9.17. The van der Waals surface area contributed by atoms with Gasteiger partial charge < -0.3 is 5.32 Å². The van der Waals surface area contributed by atoms with Crippen LogP contribution in [0.1, 0.15) is 30.5 Å². The van der Waals surface area contributed by atoms with E-state index in [-0.39, 0.29) is 0 Å². The van der Waals surface area contributed by atoms with Gasteiger partial charge in [-0.15, -0.1) is 0 Å². The predicted molar refractivity (Wildman–Crippen MR) is 53.3 cm³/mol. The molecule has 1 aromatic rings. The molecule has 0 spiro atoms. The number of hydrogen-bond acceptors (Lipinski definition) is 1. The summed E-state index contributed by atoms with van der Waals surface area (Å²) in [5.74, 6) is 0. The lowest BCUT2D eigenvalue weighted by Crippen LogP contribution is -2.15. The first-order chi connectivity index (χ1) is 5.77. The Kier molecular flexibility index (Phi) is 3.30. The van der Waals surface area contributed by atoms with Crippen molar-refractivity contribution in [2.75, 3.05) is 7.05 Å². The van der Waals surface area contributed by atoms with E-state index in [0.717, 1.165) is 6.42 Å². The van der Waals surface area contributed by atoms with E-state index in [1.165, 1.54) is 11.1 Å². The molecule has 1 nitrogen and oxygen atoms in total. The maximum absolute atomic E-state index is 3.30. The van der Waals surface area contributed by atoms with Gasteiger partial charge in [0, 0.05) is 6.04 Å². The van der Waals surface area contributed by atoms with Crippen LogP contribution in [0.2, 0.25) is 0 Å². The van der Waals surface area contributed by atoms with Gasteiger partial charge >= 0.3 is 0 Å². The van der Waals surface area contributed by atoms with Crippen molar-refractivity contribution in [3.05, 3.63) is 35.4 Å². The Hall–Kier alpha value is -0.820. The van der Waals surface area contributed by atoms with Crippen LogP contribution < -0.4 is 5.32 Å². The molecular weight excluding hydrogens is 146 g/mol. The molecule has 66 valence electrons. The van der Waals surface area contributed by atoms with Crippen molar-refractivity contribution in [3.8, 4) is 0 Å². The summed E-state index contributed by atoms with van der Waals surface area (Å²) in [6.45, 7) is 4.33. The molecule has 1 heteroatoms. The van der Waals surface area contributed by atoms with E-state index in [1.807, 2.05) is 7.05 Å². The zero-order valence-electron chi connectivity index (χ0n) is 8.09. The zero-order chi connectivity index (χ0) is 8.97. The Morgan fingerprint density at radius 3 is 2.67 bits per heavy atom. The van der Waals surface area contributed by atoms with E-state index in [2.05, 4.69) is 43.4 Å².